The highest BCUT2D eigenvalue weighted by molar-refractivity contribution is 6.18. The third-order valence-electron chi connectivity index (χ3n) is 5.50. The fraction of sp³-hybridized carbons (Fsp3) is 0.304. The van der Waals surface area contributed by atoms with Gasteiger partial charge in [-0.1, -0.05) is 30.3 Å². The second-order valence-electron chi connectivity index (χ2n) is 7.64. The lowest BCUT2D eigenvalue weighted by atomic mass is 9.91. The molecule has 3 heterocycles. The van der Waals surface area contributed by atoms with Crippen LogP contribution >= 0.6 is 11.6 Å². The molecule has 4 atom stereocenters. The van der Waals surface area contributed by atoms with E-state index in [-0.39, 0.29) is 36.0 Å². The molecule has 4 rings (SSSR count). The van der Waals surface area contributed by atoms with Crippen molar-refractivity contribution >= 4 is 23.2 Å². The number of benzene rings is 1. The molecule has 1 aromatic carbocycles. The minimum absolute atomic E-state index is 0.0235. The van der Waals surface area contributed by atoms with Crippen LogP contribution in [0, 0.1) is 0 Å². The third-order valence-corrected chi connectivity index (χ3v) is 5.80. The summed E-state index contributed by atoms with van der Waals surface area (Å²) < 4.78 is 5.90. The van der Waals surface area contributed by atoms with Gasteiger partial charge in [0.15, 0.2) is 11.6 Å². The Labute approximate surface area is 190 Å². The van der Waals surface area contributed by atoms with Crippen LogP contribution in [-0.4, -0.2) is 55.1 Å². The molecular formula is C23H23ClN4O4. The van der Waals surface area contributed by atoms with Crippen LogP contribution in [0.1, 0.15) is 34.1 Å². The Kier molecular flexibility index (Phi) is 6.76. The van der Waals surface area contributed by atoms with E-state index in [4.69, 9.17) is 22.1 Å². The predicted octanol–water partition coefficient (Wildman–Crippen LogP) is 2.34. The summed E-state index contributed by atoms with van der Waals surface area (Å²) in [6, 6.07) is 11.1. The standard InChI is InChI=1S/C23H23ClN4O4/c24-10-20-22(31)18(30)9-19(32-20)15-6-7-26-11-14(15)8-17(29)21-23(25)27-12-16(28-21)13-4-2-1-3-5-13/h1-7,11-12,18-20,22,30-31H,8-10H2,(H2,25,27)/t18-,19-,20-,22+/m1/s1. The molecule has 32 heavy (non-hydrogen) atoms. The SMILES string of the molecule is Nc1ncc(-c2ccccc2)nc1C(=O)Cc1cnccc1[C@H]1C[C@@H](O)[C@H](O)[C@@H](CCl)O1. The number of ether oxygens (including phenoxy) is 1. The molecule has 1 aliphatic rings. The van der Waals surface area contributed by atoms with Gasteiger partial charge >= 0.3 is 0 Å². The van der Waals surface area contributed by atoms with Crippen molar-refractivity contribution in [3.63, 3.8) is 0 Å². The summed E-state index contributed by atoms with van der Waals surface area (Å²) in [5.74, 6) is -0.228. The lowest BCUT2D eigenvalue weighted by Crippen LogP contribution is -2.46. The Bertz CT molecular complexity index is 1100. The number of anilines is 1. The maximum Gasteiger partial charge on any atom is 0.189 e. The zero-order valence-electron chi connectivity index (χ0n) is 17.1. The van der Waals surface area contributed by atoms with Gasteiger partial charge in [0.05, 0.1) is 30.0 Å². The molecule has 0 spiro atoms. The maximum absolute atomic E-state index is 13.1. The maximum atomic E-state index is 13.1. The lowest BCUT2D eigenvalue weighted by molar-refractivity contribution is -0.162. The smallest absolute Gasteiger partial charge is 0.189 e. The van der Waals surface area contributed by atoms with E-state index >= 15 is 0 Å². The van der Waals surface area contributed by atoms with Gasteiger partial charge in [-0.2, -0.15) is 0 Å². The Morgan fingerprint density at radius 3 is 2.72 bits per heavy atom. The fourth-order valence-electron chi connectivity index (χ4n) is 3.79. The highest BCUT2D eigenvalue weighted by atomic mass is 35.5. The Hall–Kier alpha value is -2.91. The number of aliphatic hydroxyl groups excluding tert-OH is 2. The molecule has 3 aromatic rings. The van der Waals surface area contributed by atoms with E-state index in [1.54, 1.807) is 18.5 Å². The minimum atomic E-state index is -1.06. The van der Waals surface area contributed by atoms with Crippen molar-refractivity contribution in [2.24, 2.45) is 0 Å². The van der Waals surface area contributed by atoms with Gasteiger partial charge in [-0.25, -0.2) is 9.97 Å². The van der Waals surface area contributed by atoms with Crippen LogP contribution in [0.4, 0.5) is 5.82 Å². The third kappa shape index (κ3) is 4.63. The van der Waals surface area contributed by atoms with Crippen LogP contribution in [-0.2, 0) is 11.2 Å². The average molecular weight is 455 g/mol. The van der Waals surface area contributed by atoms with Gasteiger partial charge in [-0.05, 0) is 17.2 Å². The van der Waals surface area contributed by atoms with Crippen molar-refractivity contribution in [1.29, 1.82) is 0 Å². The van der Waals surface area contributed by atoms with Crippen LogP contribution < -0.4 is 5.73 Å². The number of pyridine rings is 1. The predicted molar refractivity (Wildman–Crippen MR) is 119 cm³/mol. The number of hydrogen-bond acceptors (Lipinski definition) is 8. The number of aromatic nitrogens is 3. The molecule has 2 aromatic heterocycles. The molecule has 0 radical (unpaired) electrons. The molecule has 166 valence electrons. The van der Waals surface area contributed by atoms with E-state index < -0.39 is 24.4 Å². The molecule has 0 saturated carbocycles. The number of nitrogens with zero attached hydrogens (tertiary/aromatic N) is 3. The Morgan fingerprint density at radius 2 is 1.97 bits per heavy atom. The molecule has 8 nitrogen and oxygen atoms in total. The van der Waals surface area contributed by atoms with Gasteiger partial charge in [0.2, 0.25) is 0 Å². The first-order chi connectivity index (χ1) is 15.5. The number of ketones is 1. The number of aliphatic hydroxyl groups is 2. The first kappa shape index (κ1) is 22.3. The van der Waals surface area contributed by atoms with Crippen molar-refractivity contribution in [3.8, 4) is 11.3 Å². The van der Waals surface area contributed by atoms with Crippen molar-refractivity contribution in [3.05, 3.63) is 71.8 Å². The van der Waals surface area contributed by atoms with Gasteiger partial charge < -0.3 is 20.7 Å². The Balaban J connectivity index is 1.60. The second kappa shape index (κ2) is 9.70. The number of rotatable bonds is 6. The quantitative estimate of drug-likeness (QED) is 0.382. The van der Waals surface area contributed by atoms with Crippen molar-refractivity contribution in [2.45, 2.75) is 37.3 Å². The highest BCUT2D eigenvalue weighted by Gasteiger charge is 2.37. The largest absolute Gasteiger partial charge is 0.390 e. The zero-order valence-corrected chi connectivity index (χ0v) is 17.9. The molecule has 0 unspecified atom stereocenters. The van der Waals surface area contributed by atoms with Gasteiger partial charge in [0.1, 0.15) is 17.9 Å². The topological polar surface area (TPSA) is 131 Å². The van der Waals surface area contributed by atoms with Gasteiger partial charge in [-0.15, -0.1) is 11.6 Å². The summed E-state index contributed by atoms with van der Waals surface area (Å²) in [5, 5.41) is 20.3. The number of nitrogens with two attached hydrogens (primary N) is 1. The van der Waals surface area contributed by atoms with Crippen molar-refractivity contribution in [1.82, 2.24) is 15.0 Å². The second-order valence-corrected chi connectivity index (χ2v) is 7.95. The lowest BCUT2D eigenvalue weighted by Gasteiger charge is -2.37. The van der Waals surface area contributed by atoms with E-state index in [1.165, 1.54) is 6.20 Å². The monoisotopic (exact) mass is 454 g/mol. The number of carbonyl (C=O) groups is 1. The van der Waals surface area contributed by atoms with E-state index in [9.17, 15) is 15.0 Å². The Morgan fingerprint density at radius 1 is 1.19 bits per heavy atom. The van der Waals surface area contributed by atoms with Gasteiger partial charge in [0, 0.05) is 30.8 Å². The molecular weight excluding hydrogens is 432 g/mol. The summed E-state index contributed by atoms with van der Waals surface area (Å²) in [7, 11) is 0. The summed E-state index contributed by atoms with van der Waals surface area (Å²) in [5.41, 5.74) is 8.73. The average Bonchev–Trinajstić information content (AvgIpc) is 2.82. The van der Waals surface area contributed by atoms with Crippen LogP contribution in [0.25, 0.3) is 11.3 Å². The van der Waals surface area contributed by atoms with Crippen molar-refractivity contribution in [2.75, 3.05) is 11.6 Å². The molecule has 1 fully saturated rings. The van der Waals surface area contributed by atoms with Gasteiger partial charge in [0.25, 0.3) is 0 Å². The number of halogens is 1. The normalized spacial score (nSPS) is 23.1. The summed E-state index contributed by atoms with van der Waals surface area (Å²) >= 11 is 5.89. The molecule has 1 saturated heterocycles. The first-order valence-corrected chi connectivity index (χ1v) is 10.7. The molecule has 1 aliphatic heterocycles. The van der Waals surface area contributed by atoms with Crippen molar-refractivity contribution < 1.29 is 19.7 Å². The number of Topliss-reactive ketones (excluding diaryl/α,β-unsaturated/α-hetero) is 1. The van der Waals surface area contributed by atoms with Crippen LogP contribution in [0.2, 0.25) is 0 Å². The number of carbonyl (C=O) groups excluding carboxylic acids is 1. The van der Waals surface area contributed by atoms with E-state index in [2.05, 4.69) is 15.0 Å². The van der Waals surface area contributed by atoms with E-state index in [0.717, 1.165) is 5.56 Å². The molecule has 9 heteroatoms. The van der Waals surface area contributed by atoms with Crippen LogP contribution in [0.15, 0.2) is 55.0 Å². The number of alkyl halides is 1. The first-order valence-electron chi connectivity index (χ1n) is 10.2. The fourth-order valence-corrected chi connectivity index (χ4v) is 4.04. The highest BCUT2D eigenvalue weighted by Crippen LogP contribution is 2.34. The molecule has 0 aliphatic carbocycles. The van der Waals surface area contributed by atoms with Crippen LogP contribution in [0.5, 0.6) is 0 Å². The zero-order chi connectivity index (χ0) is 22.7. The number of nitrogen functional groups attached to an aromatic ring is 1. The molecule has 0 amide bonds. The van der Waals surface area contributed by atoms with Crippen LogP contribution in [0.3, 0.4) is 0 Å². The summed E-state index contributed by atoms with van der Waals surface area (Å²) in [4.78, 5) is 25.9. The van der Waals surface area contributed by atoms with E-state index in [1.807, 2.05) is 30.3 Å². The summed E-state index contributed by atoms with van der Waals surface area (Å²) in [6.07, 6.45) is 1.54. The minimum Gasteiger partial charge on any atom is -0.390 e. The number of hydrogen-bond donors (Lipinski definition) is 3. The molecule has 0 bridgehead atoms. The molecule has 4 N–H and O–H groups in total. The van der Waals surface area contributed by atoms with E-state index in [0.29, 0.717) is 16.8 Å². The van der Waals surface area contributed by atoms with Gasteiger partial charge in [-0.3, -0.25) is 9.78 Å². The summed E-state index contributed by atoms with van der Waals surface area (Å²) in [6.45, 7) is 0.